The molecule has 0 spiro atoms. The van der Waals surface area contributed by atoms with Crippen LogP contribution in [-0.4, -0.2) is 9.94 Å². The van der Waals surface area contributed by atoms with E-state index in [1.165, 1.54) is 6.07 Å². The van der Waals surface area contributed by atoms with Gasteiger partial charge in [-0.25, -0.2) is 0 Å². The van der Waals surface area contributed by atoms with E-state index in [0.29, 0.717) is 10.4 Å². The van der Waals surface area contributed by atoms with Crippen LogP contribution in [0.2, 0.25) is 0 Å². The summed E-state index contributed by atoms with van der Waals surface area (Å²) in [6.07, 6.45) is 3.41. The summed E-state index contributed by atoms with van der Waals surface area (Å²) in [6, 6.07) is 12.7. The maximum atomic E-state index is 11.7. The molecule has 0 unspecified atom stereocenters. The Hall–Kier alpha value is -2.55. The van der Waals surface area contributed by atoms with Crippen molar-refractivity contribution in [1.29, 1.82) is 0 Å². The second kappa shape index (κ2) is 5.40. The van der Waals surface area contributed by atoms with Crippen LogP contribution in [0.5, 0.6) is 0 Å². The van der Waals surface area contributed by atoms with Crippen LogP contribution in [0, 0.1) is 6.92 Å². The highest BCUT2D eigenvalue weighted by Gasteiger charge is 2.10. The van der Waals surface area contributed by atoms with Crippen molar-refractivity contribution in [1.82, 2.24) is 4.73 Å². The van der Waals surface area contributed by atoms with Gasteiger partial charge >= 0.3 is 0 Å². The maximum Gasteiger partial charge on any atom is 0.283 e. The lowest BCUT2D eigenvalue weighted by molar-refractivity contribution is 0.172. The molecular formula is C16H15NO2. The van der Waals surface area contributed by atoms with E-state index in [9.17, 15) is 10.0 Å². The van der Waals surface area contributed by atoms with Crippen molar-refractivity contribution in [3.63, 3.8) is 0 Å². The minimum atomic E-state index is -0.444. The molecule has 0 aliphatic carbocycles. The first-order valence-corrected chi connectivity index (χ1v) is 5.95. The molecule has 2 aromatic rings. The molecule has 0 saturated heterocycles. The molecule has 0 aliphatic heterocycles. The van der Waals surface area contributed by atoms with Gasteiger partial charge in [-0.05, 0) is 24.1 Å². The number of hydrogen-bond acceptors (Lipinski definition) is 2. The van der Waals surface area contributed by atoms with Gasteiger partial charge in [-0.2, -0.15) is 0 Å². The molecule has 0 saturated carbocycles. The van der Waals surface area contributed by atoms with E-state index < -0.39 is 5.56 Å². The van der Waals surface area contributed by atoms with Crippen LogP contribution < -0.4 is 5.56 Å². The van der Waals surface area contributed by atoms with Gasteiger partial charge in [0.25, 0.3) is 5.56 Å². The van der Waals surface area contributed by atoms with Gasteiger partial charge in [0, 0.05) is 11.6 Å². The Morgan fingerprint density at radius 2 is 1.95 bits per heavy atom. The summed E-state index contributed by atoms with van der Waals surface area (Å²) >= 11 is 0. The summed E-state index contributed by atoms with van der Waals surface area (Å²) in [5.41, 5.74) is 2.47. The highest BCUT2D eigenvalue weighted by atomic mass is 16.5. The third-order valence-corrected chi connectivity index (χ3v) is 2.80. The largest absolute Gasteiger partial charge is 0.425 e. The summed E-state index contributed by atoms with van der Waals surface area (Å²) in [6.45, 7) is 5.50. The molecule has 1 heterocycles. The molecule has 1 aromatic heterocycles. The Morgan fingerprint density at radius 3 is 2.58 bits per heavy atom. The summed E-state index contributed by atoms with van der Waals surface area (Å²) < 4.78 is 0.662. The Balaban J connectivity index is 2.69. The summed E-state index contributed by atoms with van der Waals surface area (Å²) in [5.74, 6) is 0. The van der Waals surface area contributed by atoms with E-state index in [0.717, 1.165) is 16.7 Å². The van der Waals surface area contributed by atoms with Crippen molar-refractivity contribution in [3.8, 4) is 0 Å². The first-order chi connectivity index (χ1) is 9.13. The Bertz CT molecular complexity index is 682. The number of benzene rings is 1. The standard InChI is InChI=1S/C16H15NO2/c1-3-7-14(13-8-5-4-6-9-13)15-10-12(2)11-16(18)17(15)19/h3-11,19H,1H2,2H3. The molecule has 2 rings (SSSR count). The first-order valence-electron chi connectivity index (χ1n) is 5.95. The highest BCUT2D eigenvalue weighted by molar-refractivity contribution is 5.79. The molecule has 1 aromatic carbocycles. The van der Waals surface area contributed by atoms with Crippen molar-refractivity contribution >= 4 is 5.57 Å². The fourth-order valence-corrected chi connectivity index (χ4v) is 1.95. The zero-order valence-electron chi connectivity index (χ0n) is 10.7. The smallest absolute Gasteiger partial charge is 0.283 e. The minimum Gasteiger partial charge on any atom is -0.425 e. The average Bonchev–Trinajstić information content (AvgIpc) is 2.41. The summed E-state index contributed by atoms with van der Waals surface area (Å²) in [4.78, 5) is 11.7. The number of allylic oxidation sites excluding steroid dienone is 2. The van der Waals surface area contributed by atoms with Crippen LogP contribution in [0.1, 0.15) is 16.8 Å². The molecule has 3 nitrogen and oxygen atoms in total. The van der Waals surface area contributed by atoms with Crippen molar-refractivity contribution < 1.29 is 5.21 Å². The van der Waals surface area contributed by atoms with Crippen LogP contribution in [0.25, 0.3) is 5.57 Å². The lowest BCUT2D eigenvalue weighted by atomic mass is 10.0. The van der Waals surface area contributed by atoms with E-state index >= 15 is 0 Å². The van der Waals surface area contributed by atoms with Crippen LogP contribution in [0.15, 0.2) is 66.0 Å². The normalized spacial score (nSPS) is 11.3. The highest BCUT2D eigenvalue weighted by Crippen LogP contribution is 2.22. The van der Waals surface area contributed by atoms with Crippen molar-refractivity contribution in [2.45, 2.75) is 6.92 Å². The predicted octanol–water partition coefficient (Wildman–Crippen LogP) is 3.01. The van der Waals surface area contributed by atoms with E-state index in [-0.39, 0.29) is 0 Å². The molecule has 3 heteroatoms. The molecule has 0 aliphatic rings. The van der Waals surface area contributed by atoms with E-state index in [1.807, 2.05) is 37.3 Å². The SMILES string of the molecule is C=CC=C(c1ccccc1)c1cc(C)cc(=O)n1O. The Kier molecular flexibility index (Phi) is 3.66. The lowest BCUT2D eigenvalue weighted by Gasteiger charge is -2.11. The molecule has 0 radical (unpaired) electrons. The number of hydrogen-bond donors (Lipinski definition) is 1. The van der Waals surface area contributed by atoms with E-state index in [1.54, 1.807) is 18.2 Å². The predicted molar refractivity (Wildman–Crippen MR) is 76.3 cm³/mol. The first kappa shape index (κ1) is 12.9. The Morgan fingerprint density at radius 1 is 1.26 bits per heavy atom. The van der Waals surface area contributed by atoms with Crippen LogP contribution in [-0.2, 0) is 0 Å². The molecule has 0 bridgehead atoms. The second-order valence-corrected chi connectivity index (χ2v) is 4.25. The number of nitrogens with zero attached hydrogens (tertiary/aromatic N) is 1. The van der Waals surface area contributed by atoms with Gasteiger partial charge in [0.1, 0.15) is 0 Å². The van der Waals surface area contributed by atoms with Crippen molar-refractivity contribution in [3.05, 3.63) is 88.4 Å². The van der Waals surface area contributed by atoms with Gasteiger partial charge in [0.15, 0.2) is 0 Å². The zero-order chi connectivity index (χ0) is 13.8. The van der Waals surface area contributed by atoms with Crippen molar-refractivity contribution in [2.24, 2.45) is 0 Å². The number of pyridine rings is 1. The number of aryl methyl sites for hydroxylation is 1. The van der Waals surface area contributed by atoms with Gasteiger partial charge in [0.2, 0.25) is 0 Å². The average molecular weight is 253 g/mol. The Labute approximate surface area is 111 Å². The van der Waals surface area contributed by atoms with Crippen LogP contribution in [0.3, 0.4) is 0 Å². The van der Waals surface area contributed by atoms with Gasteiger partial charge in [-0.3, -0.25) is 4.79 Å². The maximum absolute atomic E-state index is 11.7. The van der Waals surface area contributed by atoms with Crippen LogP contribution in [0.4, 0.5) is 0 Å². The third kappa shape index (κ3) is 2.65. The molecule has 19 heavy (non-hydrogen) atoms. The number of aromatic nitrogens is 1. The van der Waals surface area contributed by atoms with Gasteiger partial charge in [0.05, 0.1) is 5.69 Å². The lowest BCUT2D eigenvalue weighted by Crippen LogP contribution is -2.20. The molecule has 1 N–H and O–H groups in total. The van der Waals surface area contributed by atoms with Crippen molar-refractivity contribution in [2.75, 3.05) is 0 Å². The topological polar surface area (TPSA) is 42.2 Å². The van der Waals surface area contributed by atoms with E-state index in [4.69, 9.17) is 0 Å². The summed E-state index contributed by atoms with van der Waals surface area (Å²) in [5, 5.41) is 9.91. The molecule has 96 valence electrons. The van der Waals surface area contributed by atoms with Crippen LogP contribution >= 0.6 is 0 Å². The quantitative estimate of drug-likeness (QED) is 0.675. The molecule has 0 amide bonds. The number of rotatable bonds is 3. The zero-order valence-corrected chi connectivity index (χ0v) is 10.7. The second-order valence-electron chi connectivity index (χ2n) is 4.25. The van der Waals surface area contributed by atoms with Gasteiger partial charge < -0.3 is 5.21 Å². The minimum absolute atomic E-state index is 0.444. The fraction of sp³-hybridized carbons (Fsp3) is 0.0625. The van der Waals surface area contributed by atoms with Gasteiger partial charge in [-0.1, -0.05) is 49.1 Å². The molecule has 0 fully saturated rings. The third-order valence-electron chi connectivity index (χ3n) is 2.80. The fourth-order valence-electron chi connectivity index (χ4n) is 1.95. The summed E-state index contributed by atoms with van der Waals surface area (Å²) in [7, 11) is 0. The molecule has 0 atom stereocenters. The van der Waals surface area contributed by atoms with E-state index in [2.05, 4.69) is 6.58 Å². The van der Waals surface area contributed by atoms with Gasteiger partial charge in [-0.15, -0.1) is 4.73 Å². The monoisotopic (exact) mass is 253 g/mol. The molecular weight excluding hydrogens is 238 g/mol.